The minimum atomic E-state index is -0.761. The van der Waals surface area contributed by atoms with Crippen LogP contribution in [0.3, 0.4) is 0 Å². The van der Waals surface area contributed by atoms with Crippen molar-refractivity contribution < 1.29 is 19.4 Å². The van der Waals surface area contributed by atoms with Gasteiger partial charge in [0.1, 0.15) is 17.6 Å². The average Bonchev–Trinajstić information content (AvgIpc) is 3.37. The van der Waals surface area contributed by atoms with Crippen LogP contribution in [0.5, 0.6) is 5.75 Å². The van der Waals surface area contributed by atoms with Gasteiger partial charge in [-0.05, 0) is 60.7 Å². The number of rotatable bonds is 4. The van der Waals surface area contributed by atoms with E-state index in [9.17, 15) is 14.7 Å². The third-order valence-corrected chi connectivity index (χ3v) is 6.56. The quantitative estimate of drug-likeness (QED) is 0.315. The predicted molar refractivity (Wildman–Crippen MR) is 123 cm³/mol. The maximum Gasteiger partial charge on any atom is 0.300 e. The molecule has 1 N–H and O–H groups in total. The predicted octanol–water partition coefficient (Wildman–Crippen LogP) is 5.65. The van der Waals surface area contributed by atoms with Crippen LogP contribution < -0.4 is 9.64 Å². The van der Waals surface area contributed by atoms with E-state index in [0.29, 0.717) is 11.4 Å². The first-order valence-electron chi connectivity index (χ1n) is 9.59. The van der Waals surface area contributed by atoms with E-state index < -0.39 is 17.7 Å². The number of aliphatic hydroxyl groups is 1. The van der Waals surface area contributed by atoms with Gasteiger partial charge < -0.3 is 9.84 Å². The Hall–Kier alpha value is -3.09. The van der Waals surface area contributed by atoms with Crippen molar-refractivity contribution in [3.8, 4) is 5.75 Å². The number of aryl methyl sites for hydroxylation is 2. The molecule has 1 unspecified atom stereocenters. The van der Waals surface area contributed by atoms with Gasteiger partial charge in [-0.3, -0.25) is 14.5 Å². The molecule has 1 atom stereocenters. The summed E-state index contributed by atoms with van der Waals surface area (Å²) in [6, 6.07) is 13.5. The molecule has 5 nitrogen and oxygen atoms in total. The number of ketones is 1. The molecule has 2 aromatic carbocycles. The van der Waals surface area contributed by atoms with Crippen LogP contribution in [-0.2, 0) is 9.59 Å². The molecule has 1 aliphatic rings. The number of ether oxygens (including phenoxy) is 1. The summed E-state index contributed by atoms with van der Waals surface area (Å²) < 4.78 is 5.24. The third kappa shape index (κ3) is 3.62. The van der Waals surface area contributed by atoms with E-state index >= 15 is 0 Å². The zero-order valence-corrected chi connectivity index (χ0v) is 18.8. The average molecular weight is 454 g/mol. The van der Waals surface area contributed by atoms with Gasteiger partial charge in [0, 0.05) is 16.1 Å². The van der Waals surface area contributed by atoms with Crippen LogP contribution in [0.4, 0.5) is 5.69 Å². The van der Waals surface area contributed by atoms with E-state index in [1.807, 2.05) is 49.6 Å². The number of amides is 1. The Morgan fingerprint density at radius 3 is 2.58 bits per heavy atom. The van der Waals surface area contributed by atoms with Crippen LogP contribution >= 0.6 is 22.9 Å². The highest BCUT2D eigenvalue weighted by molar-refractivity contribution is 7.10. The first-order valence-corrected chi connectivity index (χ1v) is 10.8. The minimum Gasteiger partial charge on any atom is -0.507 e. The largest absolute Gasteiger partial charge is 0.507 e. The van der Waals surface area contributed by atoms with Gasteiger partial charge in [-0.2, -0.15) is 0 Å². The lowest BCUT2D eigenvalue weighted by atomic mass is 9.99. The summed E-state index contributed by atoms with van der Waals surface area (Å²) in [5.74, 6) is -1.29. The van der Waals surface area contributed by atoms with Gasteiger partial charge in [-0.1, -0.05) is 29.8 Å². The third-order valence-electron chi connectivity index (χ3n) is 5.31. The Morgan fingerprint density at radius 1 is 1.13 bits per heavy atom. The number of anilines is 1. The molecule has 1 saturated heterocycles. The number of hydrogen-bond donors (Lipinski definition) is 1. The van der Waals surface area contributed by atoms with Crippen LogP contribution in [0, 0.1) is 13.8 Å². The Morgan fingerprint density at radius 2 is 1.90 bits per heavy atom. The number of Topliss-reactive ketones (excluding diaryl/α,β-unsaturated/α-hetero) is 1. The normalized spacial score (nSPS) is 17.9. The summed E-state index contributed by atoms with van der Waals surface area (Å²) in [5, 5.41) is 13.3. The number of aliphatic hydroxyl groups excluding tert-OH is 1. The molecule has 31 heavy (non-hydrogen) atoms. The van der Waals surface area contributed by atoms with Crippen LogP contribution in [0.2, 0.25) is 5.02 Å². The maximum atomic E-state index is 13.2. The van der Waals surface area contributed by atoms with Gasteiger partial charge in [-0.25, -0.2) is 0 Å². The van der Waals surface area contributed by atoms with E-state index in [1.54, 1.807) is 18.2 Å². The van der Waals surface area contributed by atoms with E-state index in [-0.39, 0.29) is 21.9 Å². The fourth-order valence-corrected chi connectivity index (χ4v) is 4.76. The topological polar surface area (TPSA) is 66.8 Å². The standard InChI is InChI=1S/C24H20ClNO4S/c1-13-6-7-14(2)18(11-13)26-21(19-5-4-10-31-19)20(23(28)24(26)29)22(27)16-12-15(30-3)8-9-17(16)25/h4-12,21,27H,1-3H3/b22-20-. The minimum absolute atomic E-state index is 0.00325. The van der Waals surface area contributed by atoms with Gasteiger partial charge in [0.25, 0.3) is 11.7 Å². The number of thiophene rings is 1. The number of benzene rings is 2. The molecule has 0 bridgehead atoms. The van der Waals surface area contributed by atoms with Crippen molar-refractivity contribution in [3.05, 3.63) is 86.1 Å². The summed E-state index contributed by atoms with van der Waals surface area (Å²) in [5.41, 5.74) is 2.69. The Kier molecular flexibility index (Phi) is 5.60. The Labute approximate surface area is 189 Å². The molecule has 0 aliphatic carbocycles. The summed E-state index contributed by atoms with van der Waals surface area (Å²) in [7, 11) is 1.50. The molecular formula is C24H20ClNO4S. The highest BCUT2D eigenvalue weighted by atomic mass is 35.5. The number of nitrogens with zero attached hydrogens (tertiary/aromatic N) is 1. The van der Waals surface area contributed by atoms with E-state index in [0.717, 1.165) is 16.0 Å². The molecule has 0 spiro atoms. The first kappa shape index (κ1) is 21.2. The van der Waals surface area contributed by atoms with Crippen LogP contribution in [0.15, 0.2) is 59.5 Å². The lowest BCUT2D eigenvalue weighted by molar-refractivity contribution is -0.132. The number of carbonyl (C=O) groups is 2. The molecule has 1 aliphatic heterocycles. The fourth-order valence-electron chi connectivity index (χ4n) is 3.73. The van der Waals surface area contributed by atoms with Crippen molar-refractivity contribution in [2.24, 2.45) is 0 Å². The van der Waals surface area contributed by atoms with E-state index in [2.05, 4.69) is 0 Å². The molecule has 1 amide bonds. The molecule has 0 saturated carbocycles. The lowest BCUT2D eigenvalue weighted by Gasteiger charge is -2.26. The Balaban J connectivity index is 1.98. The smallest absolute Gasteiger partial charge is 0.300 e. The molecule has 1 aromatic heterocycles. The van der Waals surface area contributed by atoms with Crippen molar-refractivity contribution in [3.63, 3.8) is 0 Å². The second-order valence-corrected chi connectivity index (χ2v) is 8.71. The molecule has 2 heterocycles. The van der Waals surface area contributed by atoms with Crippen molar-refractivity contribution in [2.75, 3.05) is 12.0 Å². The zero-order chi connectivity index (χ0) is 22.3. The summed E-state index contributed by atoms with van der Waals surface area (Å²) in [6.07, 6.45) is 0. The second kappa shape index (κ2) is 8.21. The Bertz CT molecular complexity index is 1220. The lowest BCUT2D eigenvalue weighted by Crippen LogP contribution is -2.29. The molecular weight excluding hydrogens is 434 g/mol. The SMILES string of the molecule is COc1ccc(Cl)c(/C(O)=C2/C(=O)C(=O)N(c3cc(C)ccc3C)C2c2cccs2)c1. The second-order valence-electron chi connectivity index (χ2n) is 7.32. The van der Waals surface area contributed by atoms with Crippen LogP contribution in [0.25, 0.3) is 5.76 Å². The van der Waals surface area contributed by atoms with Gasteiger partial charge in [0.2, 0.25) is 0 Å². The zero-order valence-electron chi connectivity index (χ0n) is 17.2. The summed E-state index contributed by atoms with van der Waals surface area (Å²) in [4.78, 5) is 28.6. The highest BCUT2D eigenvalue weighted by Crippen LogP contribution is 2.45. The van der Waals surface area contributed by atoms with E-state index in [4.69, 9.17) is 16.3 Å². The fraction of sp³-hybridized carbons (Fsp3) is 0.167. The first-order chi connectivity index (χ1) is 14.8. The molecule has 3 aromatic rings. The van der Waals surface area contributed by atoms with Gasteiger partial charge in [-0.15, -0.1) is 11.3 Å². The van der Waals surface area contributed by atoms with Gasteiger partial charge >= 0.3 is 0 Å². The molecule has 7 heteroatoms. The van der Waals surface area contributed by atoms with Crippen molar-refractivity contribution in [1.82, 2.24) is 0 Å². The molecule has 158 valence electrons. The molecule has 0 radical (unpaired) electrons. The summed E-state index contributed by atoms with van der Waals surface area (Å²) in [6.45, 7) is 3.81. The van der Waals surface area contributed by atoms with E-state index in [1.165, 1.54) is 23.3 Å². The van der Waals surface area contributed by atoms with Crippen molar-refractivity contribution >= 4 is 46.1 Å². The van der Waals surface area contributed by atoms with Crippen LogP contribution in [-0.4, -0.2) is 23.9 Å². The van der Waals surface area contributed by atoms with Crippen molar-refractivity contribution in [1.29, 1.82) is 0 Å². The number of carbonyl (C=O) groups excluding carboxylic acids is 2. The van der Waals surface area contributed by atoms with Gasteiger partial charge in [0.15, 0.2) is 0 Å². The highest BCUT2D eigenvalue weighted by Gasteiger charge is 2.48. The maximum absolute atomic E-state index is 13.2. The van der Waals surface area contributed by atoms with Gasteiger partial charge in [0.05, 0.1) is 17.7 Å². The van der Waals surface area contributed by atoms with Crippen molar-refractivity contribution in [2.45, 2.75) is 19.9 Å². The summed E-state index contributed by atoms with van der Waals surface area (Å²) >= 11 is 7.74. The number of methoxy groups -OCH3 is 1. The number of hydrogen-bond acceptors (Lipinski definition) is 5. The monoisotopic (exact) mass is 453 g/mol. The number of halogens is 1. The van der Waals surface area contributed by atoms with Crippen LogP contribution in [0.1, 0.15) is 27.6 Å². The molecule has 1 fully saturated rings. The molecule has 4 rings (SSSR count).